The fourth-order valence-electron chi connectivity index (χ4n) is 3.33. The van der Waals surface area contributed by atoms with E-state index in [0.29, 0.717) is 32.8 Å². The smallest absolute Gasteiger partial charge is 0.251 e. The largest absolute Gasteiger partial charge is 0.368 e. The maximum Gasteiger partial charge on any atom is 0.251 e. The molecule has 2 aliphatic heterocycles. The second-order valence-corrected chi connectivity index (χ2v) is 7.57. The van der Waals surface area contributed by atoms with Crippen LogP contribution >= 0.6 is 11.3 Å². The first-order valence-corrected chi connectivity index (χ1v) is 9.75. The molecule has 1 aromatic carbocycles. The maximum absolute atomic E-state index is 12.4. The zero-order valence-electron chi connectivity index (χ0n) is 14.5. The van der Waals surface area contributed by atoms with Crippen molar-refractivity contribution < 1.29 is 14.3 Å². The van der Waals surface area contributed by atoms with Crippen LogP contribution in [-0.4, -0.2) is 65.5 Å². The lowest BCUT2D eigenvalue weighted by Crippen LogP contribution is -2.52. The number of benzene rings is 1. The summed E-state index contributed by atoms with van der Waals surface area (Å²) in [5, 5.41) is 0.826. The molecule has 2 fully saturated rings. The van der Waals surface area contributed by atoms with Gasteiger partial charge in [0.05, 0.1) is 10.2 Å². The van der Waals surface area contributed by atoms with E-state index in [-0.39, 0.29) is 17.9 Å². The van der Waals surface area contributed by atoms with E-state index in [4.69, 9.17) is 4.74 Å². The zero-order valence-corrected chi connectivity index (χ0v) is 15.3. The van der Waals surface area contributed by atoms with Gasteiger partial charge in [-0.2, -0.15) is 0 Å². The van der Waals surface area contributed by atoms with Gasteiger partial charge in [0.2, 0.25) is 5.91 Å². The van der Waals surface area contributed by atoms with Crippen LogP contribution in [0.3, 0.4) is 0 Å². The van der Waals surface area contributed by atoms with E-state index in [0.717, 1.165) is 28.1 Å². The Hall–Kier alpha value is -2.25. The highest BCUT2D eigenvalue weighted by Crippen LogP contribution is 2.22. The van der Waals surface area contributed by atoms with Crippen molar-refractivity contribution in [2.45, 2.75) is 18.9 Å². The summed E-state index contributed by atoms with van der Waals surface area (Å²) in [7, 11) is 0. The Morgan fingerprint density at radius 1 is 1.15 bits per heavy atom. The molecule has 0 unspecified atom stereocenters. The van der Waals surface area contributed by atoms with Crippen molar-refractivity contribution in [3.8, 4) is 0 Å². The monoisotopic (exact) mass is 371 g/mol. The molecule has 0 N–H and O–H groups in total. The Balaban J connectivity index is 1.32. The normalized spacial score (nSPS) is 21.0. The van der Waals surface area contributed by atoms with E-state index in [9.17, 15) is 9.59 Å². The first-order valence-electron chi connectivity index (χ1n) is 8.94. The number of aromatic nitrogens is 1. The molecule has 0 aliphatic carbocycles. The lowest BCUT2D eigenvalue weighted by Gasteiger charge is -2.35. The molecule has 0 radical (unpaired) electrons. The lowest BCUT2D eigenvalue weighted by molar-refractivity contribution is -0.144. The summed E-state index contributed by atoms with van der Waals surface area (Å²) < 4.78 is 6.58. The van der Waals surface area contributed by atoms with Gasteiger partial charge in [0.15, 0.2) is 0 Å². The standard InChI is InChI=1S/C19H21N3O3S/c23-18(8-7-17-20-14-4-1-2-6-16(14)26-17)21-9-11-22(12-10-21)19(24)15-5-3-13-25-15/h1-2,4,6-8,15H,3,5,9-13H2/b8-7+/t15-/m0/s1. The predicted molar refractivity (Wildman–Crippen MR) is 101 cm³/mol. The molecule has 2 saturated heterocycles. The zero-order chi connectivity index (χ0) is 17.9. The number of fused-ring (bicyclic) bond motifs is 1. The van der Waals surface area contributed by atoms with E-state index in [1.807, 2.05) is 29.2 Å². The molecule has 1 atom stereocenters. The number of para-hydroxylation sites is 1. The molecule has 2 amide bonds. The minimum atomic E-state index is -0.281. The van der Waals surface area contributed by atoms with E-state index in [1.165, 1.54) is 0 Å². The Morgan fingerprint density at radius 2 is 1.92 bits per heavy atom. The van der Waals surface area contributed by atoms with Gasteiger partial charge in [0.1, 0.15) is 11.1 Å². The van der Waals surface area contributed by atoms with Crippen molar-refractivity contribution in [3.63, 3.8) is 0 Å². The van der Waals surface area contributed by atoms with Gasteiger partial charge >= 0.3 is 0 Å². The van der Waals surface area contributed by atoms with Crippen LogP contribution in [0.25, 0.3) is 16.3 Å². The number of thiazole rings is 1. The molecule has 1 aromatic heterocycles. The van der Waals surface area contributed by atoms with Crippen LogP contribution < -0.4 is 0 Å². The predicted octanol–water partition coefficient (Wildman–Crippen LogP) is 2.16. The highest BCUT2D eigenvalue weighted by atomic mass is 32.1. The molecular weight excluding hydrogens is 350 g/mol. The van der Waals surface area contributed by atoms with Gasteiger partial charge in [-0.1, -0.05) is 12.1 Å². The first-order chi connectivity index (χ1) is 12.7. The van der Waals surface area contributed by atoms with Crippen molar-refractivity contribution in [1.82, 2.24) is 14.8 Å². The molecule has 0 saturated carbocycles. The van der Waals surface area contributed by atoms with Gasteiger partial charge < -0.3 is 14.5 Å². The summed E-state index contributed by atoms with van der Waals surface area (Å²) in [4.78, 5) is 32.9. The molecule has 2 aliphatic rings. The number of carbonyl (C=O) groups is 2. The van der Waals surface area contributed by atoms with Crippen LogP contribution in [0.1, 0.15) is 17.8 Å². The van der Waals surface area contributed by atoms with Gasteiger partial charge in [-0.25, -0.2) is 4.98 Å². The second kappa shape index (κ2) is 7.55. The van der Waals surface area contributed by atoms with Gasteiger partial charge in [-0.05, 0) is 31.1 Å². The average Bonchev–Trinajstić information content (AvgIpc) is 3.35. The fourth-order valence-corrected chi connectivity index (χ4v) is 4.20. The number of amides is 2. The number of hydrogen-bond donors (Lipinski definition) is 0. The number of carbonyl (C=O) groups excluding carboxylic acids is 2. The quantitative estimate of drug-likeness (QED) is 0.776. The van der Waals surface area contributed by atoms with Gasteiger partial charge in [-0.15, -0.1) is 11.3 Å². The lowest BCUT2D eigenvalue weighted by atomic mass is 10.2. The summed E-state index contributed by atoms with van der Waals surface area (Å²) in [5.74, 6) is 0.0353. The Labute approximate surface area is 156 Å². The Bertz CT molecular complexity index is 800. The first kappa shape index (κ1) is 17.2. The van der Waals surface area contributed by atoms with E-state index < -0.39 is 0 Å². The summed E-state index contributed by atoms with van der Waals surface area (Å²) >= 11 is 1.57. The maximum atomic E-state index is 12.4. The van der Waals surface area contributed by atoms with Crippen LogP contribution in [0.2, 0.25) is 0 Å². The third-order valence-electron chi connectivity index (χ3n) is 4.79. The van der Waals surface area contributed by atoms with Crippen molar-refractivity contribution in [2.75, 3.05) is 32.8 Å². The average molecular weight is 371 g/mol. The molecule has 4 rings (SSSR count). The molecule has 0 bridgehead atoms. The van der Waals surface area contributed by atoms with Gasteiger partial charge in [0, 0.05) is 38.9 Å². The molecule has 6 nitrogen and oxygen atoms in total. The molecule has 2 aromatic rings. The van der Waals surface area contributed by atoms with Crippen LogP contribution in [0.5, 0.6) is 0 Å². The molecule has 26 heavy (non-hydrogen) atoms. The number of nitrogens with zero attached hydrogens (tertiary/aromatic N) is 3. The van der Waals surface area contributed by atoms with Gasteiger partial charge in [0.25, 0.3) is 5.91 Å². The topological polar surface area (TPSA) is 62.7 Å². The fraction of sp³-hybridized carbons (Fsp3) is 0.421. The number of piperazine rings is 1. The highest BCUT2D eigenvalue weighted by molar-refractivity contribution is 7.19. The third-order valence-corrected chi connectivity index (χ3v) is 5.79. The SMILES string of the molecule is O=C(/C=C/c1nc2ccccc2s1)N1CCN(C(=O)[C@@H]2CCCO2)CC1. The minimum absolute atomic E-state index is 0.0338. The minimum Gasteiger partial charge on any atom is -0.368 e. The third kappa shape index (κ3) is 3.64. The van der Waals surface area contributed by atoms with E-state index >= 15 is 0 Å². The number of rotatable bonds is 3. The summed E-state index contributed by atoms with van der Waals surface area (Å²) in [6, 6.07) is 7.93. The number of hydrogen-bond acceptors (Lipinski definition) is 5. The Kier molecular flexibility index (Phi) is 4.99. The number of ether oxygens (including phenoxy) is 1. The summed E-state index contributed by atoms with van der Waals surface area (Å²) in [6.45, 7) is 2.92. The molecule has 7 heteroatoms. The van der Waals surface area contributed by atoms with Crippen molar-refractivity contribution in [1.29, 1.82) is 0 Å². The molecule has 0 spiro atoms. The van der Waals surface area contributed by atoms with E-state index in [1.54, 1.807) is 28.4 Å². The second-order valence-electron chi connectivity index (χ2n) is 6.51. The van der Waals surface area contributed by atoms with Crippen molar-refractivity contribution in [2.24, 2.45) is 0 Å². The molecule has 3 heterocycles. The Morgan fingerprint density at radius 3 is 2.65 bits per heavy atom. The van der Waals surface area contributed by atoms with Crippen LogP contribution in [0.4, 0.5) is 0 Å². The van der Waals surface area contributed by atoms with Gasteiger partial charge in [-0.3, -0.25) is 9.59 Å². The molecular formula is C19H21N3O3S. The van der Waals surface area contributed by atoms with Crippen LogP contribution in [-0.2, 0) is 14.3 Å². The summed E-state index contributed by atoms with van der Waals surface area (Å²) in [5.41, 5.74) is 0.950. The molecule has 136 valence electrons. The van der Waals surface area contributed by atoms with E-state index in [2.05, 4.69) is 4.98 Å². The van der Waals surface area contributed by atoms with Crippen LogP contribution in [0.15, 0.2) is 30.3 Å². The van der Waals surface area contributed by atoms with Crippen LogP contribution in [0, 0.1) is 0 Å². The highest BCUT2D eigenvalue weighted by Gasteiger charge is 2.30. The van der Waals surface area contributed by atoms with Crippen molar-refractivity contribution in [3.05, 3.63) is 35.3 Å². The van der Waals surface area contributed by atoms with Crippen molar-refractivity contribution >= 4 is 39.4 Å². The summed E-state index contributed by atoms with van der Waals surface area (Å²) in [6.07, 6.45) is 4.83.